The molecule has 0 unspecified atom stereocenters. The van der Waals surface area contributed by atoms with E-state index in [9.17, 15) is 0 Å². The number of aromatic nitrogens is 2. The molecule has 1 aromatic heterocycles. The molecule has 0 radical (unpaired) electrons. The first-order chi connectivity index (χ1) is 11.6. The number of nitrogens with zero attached hydrogens (tertiary/aromatic N) is 4. The lowest BCUT2D eigenvalue weighted by Gasteiger charge is -2.25. The first kappa shape index (κ1) is 16.5. The van der Waals surface area contributed by atoms with Crippen LogP contribution in [0.4, 0.5) is 0 Å². The third kappa shape index (κ3) is 3.15. The summed E-state index contributed by atoms with van der Waals surface area (Å²) in [5.74, 6) is 0.671. The number of nitriles is 1. The van der Waals surface area contributed by atoms with Crippen molar-refractivity contribution in [3.8, 4) is 11.8 Å². The second kappa shape index (κ2) is 7.06. The first-order valence-electron chi connectivity index (χ1n) is 8.48. The molecule has 3 rings (SSSR count). The molecule has 1 aromatic carbocycles. The Labute approximate surface area is 143 Å². The topological polar surface area (TPSA) is 54.1 Å². The Hall–Kier alpha value is -2.32. The van der Waals surface area contributed by atoms with Gasteiger partial charge in [-0.15, -0.1) is 0 Å². The van der Waals surface area contributed by atoms with Crippen molar-refractivity contribution in [2.24, 2.45) is 7.05 Å². The fraction of sp³-hybridized carbons (Fsp3) is 0.474. The number of benzene rings is 1. The predicted molar refractivity (Wildman–Crippen MR) is 92.9 cm³/mol. The number of hydrogen-bond donors (Lipinski definition) is 0. The molecular weight excluding hydrogens is 300 g/mol. The zero-order valence-electron chi connectivity index (χ0n) is 14.6. The molecule has 0 bridgehead atoms. The molecule has 1 saturated heterocycles. The molecule has 0 aliphatic carbocycles. The zero-order valence-corrected chi connectivity index (χ0v) is 14.6. The Morgan fingerprint density at radius 2 is 2.12 bits per heavy atom. The van der Waals surface area contributed by atoms with Crippen LogP contribution >= 0.6 is 0 Å². The summed E-state index contributed by atoms with van der Waals surface area (Å²) in [4.78, 5) is 2.48. The highest BCUT2D eigenvalue weighted by Crippen LogP contribution is 2.35. The van der Waals surface area contributed by atoms with Crippen LogP contribution in [-0.4, -0.2) is 34.4 Å². The average molecular weight is 324 g/mol. The van der Waals surface area contributed by atoms with Gasteiger partial charge in [0, 0.05) is 30.9 Å². The van der Waals surface area contributed by atoms with Gasteiger partial charge < -0.3 is 4.74 Å². The highest BCUT2D eigenvalue weighted by Gasteiger charge is 2.30. The lowest BCUT2D eigenvalue weighted by Crippen LogP contribution is -2.28. The Morgan fingerprint density at radius 1 is 1.33 bits per heavy atom. The van der Waals surface area contributed by atoms with Crippen molar-refractivity contribution in [3.05, 3.63) is 46.8 Å². The molecule has 1 atom stereocenters. The fourth-order valence-electron chi connectivity index (χ4n) is 3.65. The van der Waals surface area contributed by atoms with Gasteiger partial charge in [0.25, 0.3) is 0 Å². The Kier molecular flexibility index (Phi) is 4.86. The van der Waals surface area contributed by atoms with Gasteiger partial charge in [-0.2, -0.15) is 10.4 Å². The summed E-state index contributed by atoms with van der Waals surface area (Å²) in [6.45, 7) is 6.78. The number of hydrogen-bond acceptors (Lipinski definition) is 4. The van der Waals surface area contributed by atoms with Crippen molar-refractivity contribution < 1.29 is 4.74 Å². The van der Waals surface area contributed by atoms with Gasteiger partial charge in [-0.25, -0.2) is 0 Å². The molecule has 0 amide bonds. The SMILES string of the molecule is Cc1nn(C)c(C)c1[C@H]1CCCN1CCOc1ccccc1C#N. The van der Waals surface area contributed by atoms with E-state index in [1.165, 1.54) is 24.1 Å². The maximum Gasteiger partial charge on any atom is 0.137 e. The summed E-state index contributed by atoms with van der Waals surface area (Å²) < 4.78 is 7.83. The van der Waals surface area contributed by atoms with Crippen LogP contribution in [-0.2, 0) is 7.05 Å². The summed E-state index contributed by atoms with van der Waals surface area (Å²) >= 11 is 0. The minimum Gasteiger partial charge on any atom is -0.491 e. The normalized spacial score (nSPS) is 17.8. The van der Waals surface area contributed by atoms with Gasteiger partial charge in [0.05, 0.1) is 11.3 Å². The Bertz CT molecular complexity index is 759. The largest absolute Gasteiger partial charge is 0.491 e. The standard InChI is InChI=1S/C19H24N4O/c1-14-19(15(2)22(3)21-14)17-8-6-10-23(17)11-12-24-18-9-5-4-7-16(18)13-20/h4-5,7,9,17H,6,8,10-12H2,1-3H3/t17-/m1/s1. The van der Waals surface area contributed by atoms with Gasteiger partial charge in [0.1, 0.15) is 18.4 Å². The molecule has 2 aromatic rings. The van der Waals surface area contributed by atoms with E-state index in [-0.39, 0.29) is 0 Å². The quantitative estimate of drug-likeness (QED) is 0.848. The van der Waals surface area contributed by atoms with E-state index >= 15 is 0 Å². The summed E-state index contributed by atoms with van der Waals surface area (Å²) in [6.07, 6.45) is 2.37. The third-order valence-corrected chi connectivity index (χ3v) is 4.91. The summed E-state index contributed by atoms with van der Waals surface area (Å²) in [7, 11) is 2.01. The van der Waals surface area contributed by atoms with Crippen molar-refractivity contribution in [2.75, 3.05) is 19.7 Å². The van der Waals surface area contributed by atoms with Crippen LogP contribution in [0, 0.1) is 25.2 Å². The lowest BCUT2D eigenvalue weighted by molar-refractivity contribution is 0.196. The van der Waals surface area contributed by atoms with E-state index in [4.69, 9.17) is 10.00 Å². The van der Waals surface area contributed by atoms with Crippen LogP contribution in [0.25, 0.3) is 0 Å². The highest BCUT2D eigenvalue weighted by atomic mass is 16.5. The number of likely N-dealkylation sites (tertiary alicyclic amines) is 1. The third-order valence-electron chi connectivity index (χ3n) is 4.91. The number of para-hydroxylation sites is 1. The van der Waals surface area contributed by atoms with Crippen LogP contribution in [0.3, 0.4) is 0 Å². The average Bonchev–Trinajstić information content (AvgIpc) is 3.12. The molecule has 1 fully saturated rings. The van der Waals surface area contributed by atoms with Gasteiger partial charge in [-0.05, 0) is 45.4 Å². The highest BCUT2D eigenvalue weighted by molar-refractivity contribution is 5.42. The second-order valence-electron chi connectivity index (χ2n) is 6.36. The number of aryl methyl sites for hydroxylation is 2. The first-order valence-corrected chi connectivity index (χ1v) is 8.48. The van der Waals surface area contributed by atoms with E-state index in [0.29, 0.717) is 24.0 Å². The van der Waals surface area contributed by atoms with Gasteiger partial charge in [0.15, 0.2) is 0 Å². The van der Waals surface area contributed by atoms with Crippen molar-refractivity contribution in [1.29, 1.82) is 5.26 Å². The van der Waals surface area contributed by atoms with Crippen molar-refractivity contribution in [2.45, 2.75) is 32.7 Å². The molecule has 0 N–H and O–H groups in total. The fourth-order valence-corrected chi connectivity index (χ4v) is 3.65. The summed E-state index contributed by atoms with van der Waals surface area (Å²) in [5, 5.41) is 13.7. The van der Waals surface area contributed by atoms with Crippen molar-refractivity contribution in [3.63, 3.8) is 0 Å². The van der Waals surface area contributed by atoms with E-state index in [0.717, 1.165) is 18.8 Å². The maximum absolute atomic E-state index is 9.13. The molecule has 0 spiro atoms. The molecule has 126 valence electrons. The minimum atomic E-state index is 0.425. The molecular formula is C19H24N4O. The maximum atomic E-state index is 9.13. The van der Waals surface area contributed by atoms with Crippen LogP contribution in [0.2, 0.25) is 0 Å². The van der Waals surface area contributed by atoms with Crippen LogP contribution in [0.15, 0.2) is 24.3 Å². The second-order valence-corrected chi connectivity index (χ2v) is 6.36. The van der Waals surface area contributed by atoms with Crippen LogP contribution < -0.4 is 4.74 Å². The Morgan fingerprint density at radius 3 is 2.83 bits per heavy atom. The summed E-state index contributed by atoms with van der Waals surface area (Å²) in [6, 6.07) is 10.0. The van der Waals surface area contributed by atoms with Gasteiger partial charge >= 0.3 is 0 Å². The van der Waals surface area contributed by atoms with Gasteiger partial charge in [0.2, 0.25) is 0 Å². The summed E-state index contributed by atoms with van der Waals surface area (Å²) in [5.41, 5.74) is 4.34. The van der Waals surface area contributed by atoms with Crippen LogP contribution in [0.5, 0.6) is 5.75 Å². The number of ether oxygens (including phenoxy) is 1. The van der Waals surface area contributed by atoms with Gasteiger partial charge in [-0.3, -0.25) is 9.58 Å². The molecule has 0 saturated carbocycles. The number of rotatable bonds is 5. The molecule has 5 heteroatoms. The minimum absolute atomic E-state index is 0.425. The lowest BCUT2D eigenvalue weighted by atomic mass is 10.0. The van der Waals surface area contributed by atoms with Gasteiger partial charge in [-0.1, -0.05) is 12.1 Å². The van der Waals surface area contributed by atoms with E-state index < -0.39 is 0 Å². The van der Waals surface area contributed by atoms with Crippen molar-refractivity contribution in [1.82, 2.24) is 14.7 Å². The monoisotopic (exact) mass is 324 g/mol. The van der Waals surface area contributed by atoms with E-state index in [2.05, 4.69) is 29.9 Å². The Balaban J connectivity index is 1.66. The molecule has 1 aliphatic heterocycles. The van der Waals surface area contributed by atoms with E-state index in [1.807, 2.05) is 29.9 Å². The van der Waals surface area contributed by atoms with Crippen molar-refractivity contribution >= 4 is 0 Å². The predicted octanol–water partition coefficient (Wildman–Crippen LogP) is 3.12. The van der Waals surface area contributed by atoms with Crippen LogP contribution in [0.1, 0.15) is 41.4 Å². The molecule has 5 nitrogen and oxygen atoms in total. The van der Waals surface area contributed by atoms with E-state index in [1.54, 1.807) is 6.07 Å². The molecule has 1 aliphatic rings. The molecule has 2 heterocycles. The smallest absolute Gasteiger partial charge is 0.137 e. The molecule has 24 heavy (non-hydrogen) atoms. The zero-order chi connectivity index (χ0) is 17.1.